The lowest BCUT2D eigenvalue weighted by Crippen LogP contribution is -2.13. The average Bonchev–Trinajstić information content (AvgIpc) is 2.54. The molecular formula is C16H13F4NO2S. The summed E-state index contributed by atoms with van der Waals surface area (Å²) in [7, 11) is 0. The molecule has 2 aromatic rings. The fraction of sp³-hybridized carbons (Fsp3) is 0.188. The quantitative estimate of drug-likeness (QED) is 0.355. The highest BCUT2D eigenvalue weighted by Crippen LogP contribution is 2.24. The van der Waals surface area contributed by atoms with E-state index in [0.717, 1.165) is 17.8 Å². The third-order valence-corrected chi connectivity index (χ3v) is 4.11. The summed E-state index contributed by atoms with van der Waals surface area (Å²) < 4.78 is 52.9. The second-order valence-electron chi connectivity index (χ2n) is 4.78. The normalized spacial score (nSPS) is 10.7. The molecule has 0 saturated heterocycles. The molecule has 2 N–H and O–H groups in total. The van der Waals surface area contributed by atoms with Crippen LogP contribution in [-0.4, -0.2) is 23.4 Å². The van der Waals surface area contributed by atoms with Crippen molar-refractivity contribution in [1.82, 2.24) is 0 Å². The lowest BCUT2D eigenvalue weighted by atomic mass is 10.2. The number of hydrogen-bond acceptors (Lipinski definition) is 3. The van der Waals surface area contributed by atoms with E-state index >= 15 is 0 Å². The number of halogens is 4. The van der Waals surface area contributed by atoms with E-state index in [-0.39, 0.29) is 22.8 Å². The van der Waals surface area contributed by atoms with Gasteiger partial charge in [-0.1, -0.05) is 0 Å². The van der Waals surface area contributed by atoms with Gasteiger partial charge in [-0.2, -0.15) is 0 Å². The highest BCUT2D eigenvalue weighted by molar-refractivity contribution is 7.99. The van der Waals surface area contributed by atoms with Crippen molar-refractivity contribution in [3.63, 3.8) is 0 Å². The SMILES string of the molecule is O=C(Nc1cc(F)c(F)c(F)c1)c1ccc(F)c(SCCCO)c1. The van der Waals surface area contributed by atoms with Gasteiger partial charge >= 0.3 is 0 Å². The van der Waals surface area contributed by atoms with Crippen LogP contribution in [-0.2, 0) is 0 Å². The lowest BCUT2D eigenvalue weighted by Gasteiger charge is -2.08. The number of rotatable bonds is 6. The van der Waals surface area contributed by atoms with Crippen LogP contribution in [0.15, 0.2) is 35.2 Å². The van der Waals surface area contributed by atoms with Crippen molar-refractivity contribution in [1.29, 1.82) is 0 Å². The van der Waals surface area contributed by atoms with E-state index < -0.39 is 29.2 Å². The number of aliphatic hydroxyl groups excluding tert-OH is 1. The third-order valence-electron chi connectivity index (χ3n) is 3.00. The average molecular weight is 359 g/mol. The smallest absolute Gasteiger partial charge is 0.255 e. The van der Waals surface area contributed by atoms with E-state index in [9.17, 15) is 22.4 Å². The maximum Gasteiger partial charge on any atom is 0.255 e. The van der Waals surface area contributed by atoms with Gasteiger partial charge in [-0.3, -0.25) is 4.79 Å². The van der Waals surface area contributed by atoms with Crippen LogP contribution in [0.4, 0.5) is 23.2 Å². The standard InChI is InChI=1S/C16H13F4NO2S/c17-11-3-2-9(6-14(11)24-5-1-4-22)16(23)21-10-7-12(18)15(20)13(19)8-10/h2-3,6-8,22H,1,4-5H2,(H,21,23). The van der Waals surface area contributed by atoms with E-state index in [1.165, 1.54) is 12.1 Å². The third kappa shape index (κ3) is 4.48. The zero-order chi connectivity index (χ0) is 17.7. The van der Waals surface area contributed by atoms with Crippen molar-refractivity contribution >= 4 is 23.4 Å². The minimum atomic E-state index is -1.63. The number of benzene rings is 2. The van der Waals surface area contributed by atoms with Gasteiger partial charge in [-0.25, -0.2) is 17.6 Å². The Balaban J connectivity index is 2.16. The fourth-order valence-electron chi connectivity index (χ4n) is 1.83. The number of aliphatic hydroxyl groups is 1. The summed E-state index contributed by atoms with van der Waals surface area (Å²) in [4.78, 5) is 12.3. The van der Waals surface area contributed by atoms with Gasteiger partial charge in [0, 0.05) is 40.6 Å². The van der Waals surface area contributed by atoms with Crippen LogP contribution in [0.1, 0.15) is 16.8 Å². The molecule has 3 nitrogen and oxygen atoms in total. The topological polar surface area (TPSA) is 49.3 Å². The summed E-state index contributed by atoms with van der Waals surface area (Å²) in [6.45, 7) is -0.0313. The molecule has 0 unspecified atom stereocenters. The van der Waals surface area contributed by atoms with Crippen LogP contribution in [0.25, 0.3) is 0 Å². The second kappa shape index (κ2) is 8.16. The Hall–Kier alpha value is -2.06. The van der Waals surface area contributed by atoms with Crippen LogP contribution in [0, 0.1) is 23.3 Å². The first kappa shape index (κ1) is 18.3. The largest absolute Gasteiger partial charge is 0.396 e. The van der Waals surface area contributed by atoms with Gasteiger partial charge in [0.15, 0.2) is 17.5 Å². The molecule has 0 radical (unpaired) electrons. The maximum absolute atomic E-state index is 13.7. The lowest BCUT2D eigenvalue weighted by molar-refractivity contribution is 0.102. The van der Waals surface area contributed by atoms with Crippen molar-refractivity contribution in [3.8, 4) is 0 Å². The predicted octanol–water partition coefficient (Wildman–Crippen LogP) is 3.97. The summed E-state index contributed by atoms with van der Waals surface area (Å²) in [5.74, 6) is -5.25. The maximum atomic E-state index is 13.7. The van der Waals surface area contributed by atoms with Crippen molar-refractivity contribution in [2.24, 2.45) is 0 Å². The summed E-state index contributed by atoms with van der Waals surface area (Å²) >= 11 is 1.13. The van der Waals surface area contributed by atoms with E-state index in [0.29, 0.717) is 24.3 Å². The van der Waals surface area contributed by atoms with Gasteiger partial charge in [0.2, 0.25) is 0 Å². The van der Waals surface area contributed by atoms with E-state index in [1.807, 2.05) is 0 Å². The molecule has 0 fully saturated rings. The van der Waals surface area contributed by atoms with Crippen LogP contribution < -0.4 is 5.32 Å². The molecule has 0 aliphatic carbocycles. The minimum Gasteiger partial charge on any atom is -0.396 e. The van der Waals surface area contributed by atoms with E-state index in [4.69, 9.17) is 5.11 Å². The molecule has 0 heterocycles. The first-order chi connectivity index (χ1) is 11.4. The summed E-state index contributed by atoms with van der Waals surface area (Å²) in [6, 6.07) is 4.91. The molecule has 0 spiro atoms. The van der Waals surface area contributed by atoms with Gasteiger partial charge in [-0.15, -0.1) is 11.8 Å². The highest BCUT2D eigenvalue weighted by atomic mass is 32.2. The van der Waals surface area contributed by atoms with Gasteiger partial charge in [0.05, 0.1) is 0 Å². The van der Waals surface area contributed by atoms with Crippen molar-refractivity contribution in [3.05, 3.63) is 59.2 Å². The predicted molar refractivity (Wildman–Crippen MR) is 83.1 cm³/mol. The number of nitrogens with one attached hydrogen (secondary N) is 1. The molecule has 0 atom stereocenters. The molecule has 0 aliphatic heterocycles. The number of thioether (sulfide) groups is 1. The first-order valence-corrected chi connectivity index (χ1v) is 7.90. The zero-order valence-corrected chi connectivity index (χ0v) is 13.1. The van der Waals surface area contributed by atoms with Crippen LogP contribution in [0.3, 0.4) is 0 Å². The molecule has 1 amide bonds. The number of amides is 1. The van der Waals surface area contributed by atoms with Gasteiger partial charge in [-0.05, 0) is 24.6 Å². The second-order valence-corrected chi connectivity index (χ2v) is 5.92. The van der Waals surface area contributed by atoms with Crippen molar-refractivity contribution < 1.29 is 27.5 Å². The Morgan fingerprint density at radius 2 is 1.71 bits per heavy atom. The van der Waals surface area contributed by atoms with E-state index in [1.54, 1.807) is 0 Å². The van der Waals surface area contributed by atoms with Gasteiger partial charge in [0.25, 0.3) is 5.91 Å². The zero-order valence-electron chi connectivity index (χ0n) is 12.3. The van der Waals surface area contributed by atoms with Crippen LogP contribution in [0.5, 0.6) is 0 Å². The molecule has 2 aromatic carbocycles. The Morgan fingerprint density at radius 1 is 1.04 bits per heavy atom. The van der Waals surface area contributed by atoms with Crippen molar-refractivity contribution in [2.45, 2.75) is 11.3 Å². The molecule has 128 valence electrons. The van der Waals surface area contributed by atoms with Crippen LogP contribution in [0.2, 0.25) is 0 Å². The summed E-state index contributed by atoms with van der Waals surface area (Å²) in [5.41, 5.74) is -0.178. The Bertz CT molecular complexity index is 732. The molecule has 0 aliphatic rings. The van der Waals surface area contributed by atoms with Crippen molar-refractivity contribution in [2.75, 3.05) is 17.7 Å². The number of carbonyl (C=O) groups excluding carboxylic acids is 1. The Labute approximate surface area is 139 Å². The molecule has 8 heteroatoms. The van der Waals surface area contributed by atoms with Gasteiger partial charge in [0.1, 0.15) is 5.82 Å². The van der Waals surface area contributed by atoms with Crippen LogP contribution >= 0.6 is 11.8 Å². The molecular weight excluding hydrogens is 346 g/mol. The highest BCUT2D eigenvalue weighted by Gasteiger charge is 2.14. The fourth-order valence-corrected chi connectivity index (χ4v) is 2.74. The number of carbonyl (C=O) groups is 1. The first-order valence-electron chi connectivity index (χ1n) is 6.91. The molecule has 24 heavy (non-hydrogen) atoms. The molecule has 0 bridgehead atoms. The Kier molecular flexibility index (Phi) is 6.22. The molecule has 0 aromatic heterocycles. The Morgan fingerprint density at radius 3 is 2.33 bits per heavy atom. The monoisotopic (exact) mass is 359 g/mol. The van der Waals surface area contributed by atoms with E-state index in [2.05, 4.69) is 5.32 Å². The van der Waals surface area contributed by atoms with Gasteiger partial charge < -0.3 is 10.4 Å². The molecule has 2 rings (SSSR count). The summed E-state index contributed by atoms with van der Waals surface area (Å²) in [5, 5.41) is 10.9. The minimum absolute atomic E-state index is 0.0313. The number of anilines is 1. The number of hydrogen-bond donors (Lipinski definition) is 2. The summed E-state index contributed by atoms with van der Waals surface area (Å²) in [6.07, 6.45) is 0.467. The molecule has 0 saturated carbocycles.